The first-order valence-electron chi connectivity index (χ1n) is 13.6. The quantitative estimate of drug-likeness (QED) is 0.359. The zero-order chi connectivity index (χ0) is 25.7. The summed E-state index contributed by atoms with van der Waals surface area (Å²) < 4.78 is 0. The molecule has 4 saturated carbocycles. The molecule has 2 aromatic carbocycles. The largest absolute Gasteiger partial charge is 0.376 e. The highest BCUT2D eigenvalue weighted by Gasteiger charge is 2.53. The Morgan fingerprint density at radius 3 is 2.16 bits per heavy atom. The second-order valence-corrected chi connectivity index (χ2v) is 12.3. The minimum atomic E-state index is -0.277. The van der Waals surface area contributed by atoms with E-state index in [2.05, 4.69) is 17.1 Å². The van der Waals surface area contributed by atoms with Crippen LogP contribution in [0, 0.1) is 33.3 Å². The fourth-order valence-electron chi connectivity index (χ4n) is 8.03. The van der Waals surface area contributed by atoms with Crippen molar-refractivity contribution in [3.05, 3.63) is 63.2 Å². The second kappa shape index (κ2) is 9.50. The number of piperazine rings is 1. The summed E-state index contributed by atoms with van der Waals surface area (Å²) in [5.41, 5.74) is 2.61. The van der Waals surface area contributed by atoms with Gasteiger partial charge in [0.25, 0.3) is 11.6 Å². The Kier molecular flexibility index (Phi) is 6.30. The predicted octanol–water partition coefficient (Wildman–Crippen LogP) is 6.23. The molecule has 37 heavy (non-hydrogen) atoms. The average molecular weight is 523 g/mol. The van der Waals surface area contributed by atoms with Crippen LogP contribution in [-0.4, -0.2) is 48.0 Å². The summed E-state index contributed by atoms with van der Waals surface area (Å²) in [6.45, 7) is 4.81. The van der Waals surface area contributed by atoms with Crippen molar-refractivity contribution in [3.63, 3.8) is 0 Å². The number of hydrogen-bond donors (Lipinski definition) is 1. The predicted molar refractivity (Wildman–Crippen MR) is 146 cm³/mol. The van der Waals surface area contributed by atoms with Crippen molar-refractivity contribution in [2.24, 2.45) is 23.2 Å². The molecule has 7 rings (SSSR count). The third kappa shape index (κ3) is 4.67. The van der Waals surface area contributed by atoms with Crippen molar-refractivity contribution in [1.82, 2.24) is 4.90 Å². The molecule has 0 radical (unpaired) electrons. The molecule has 1 heterocycles. The Bertz CT molecular complexity index is 1160. The van der Waals surface area contributed by atoms with Crippen LogP contribution in [0.25, 0.3) is 0 Å². The number of nitrogens with one attached hydrogen (secondary N) is 1. The molecule has 8 heteroatoms. The lowest BCUT2D eigenvalue weighted by molar-refractivity contribution is -0.384. The highest BCUT2D eigenvalue weighted by Crippen LogP contribution is 2.61. The van der Waals surface area contributed by atoms with Gasteiger partial charge in [0.15, 0.2) is 0 Å². The molecule has 1 N–H and O–H groups in total. The topological polar surface area (TPSA) is 78.7 Å². The van der Waals surface area contributed by atoms with Gasteiger partial charge in [0.1, 0.15) is 5.69 Å². The maximum atomic E-state index is 12.9. The van der Waals surface area contributed by atoms with Gasteiger partial charge in [0.2, 0.25) is 0 Å². The number of nitro groups is 1. The molecular weight excluding hydrogens is 488 g/mol. The van der Waals surface area contributed by atoms with Gasteiger partial charge >= 0.3 is 0 Å². The van der Waals surface area contributed by atoms with Crippen molar-refractivity contribution in [3.8, 4) is 0 Å². The van der Waals surface area contributed by atoms with E-state index < -0.39 is 0 Å². The Morgan fingerprint density at radius 2 is 1.59 bits per heavy atom. The van der Waals surface area contributed by atoms with Crippen molar-refractivity contribution in [1.29, 1.82) is 0 Å². The monoisotopic (exact) mass is 522 g/mol. The first-order chi connectivity index (χ1) is 17.8. The summed E-state index contributed by atoms with van der Waals surface area (Å²) in [5.74, 6) is 2.52. The zero-order valence-corrected chi connectivity index (χ0v) is 22.1. The number of halogens is 1. The maximum absolute atomic E-state index is 12.9. The summed E-state index contributed by atoms with van der Waals surface area (Å²) >= 11 is 5.96. The molecule has 4 aliphatic carbocycles. The van der Waals surface area contributed by atoms with Gasteiger partial charge in [-0.15, -0.1) is 0 Å². The van der Waals surface area contributed by atoms with E-state index in [1.165, 1.54) is 38.5 Å². The normalized spacial score (nSPS) is 29.3. The highest BCUT2D eigenvalue weighted by atomic mass is 35.5. The molecule has 1 aliphatic heterocycles. The van der Waals surface area contributed by atoms with Gasteiger partial charge in [-0.2, -0.15) is 0 Å². The average Bonchev–Trinajstić information content (AvgIpc) is 2.88. The number of benzene rings is 2. The maximum Gasteiger partial charge on any atom is 0.292 e. The first-order valence-corrected chi connectivity index (χ1v) is 14.0. The summed E-state index contributed by atoms with van der Waals surface area (Å²) in [6.07, 6.45) is 7.91. The smallest absolute Gasteiger partial charge is 0.292 e. The molecule has 1 unspecified atom stereocenters. The van der Waals surface area contributed by atoms with E-state index in [1.54, 1.807) is 30.3 Å². The zero-order valence-electron chi connectivity index (χ0n) is 21.4. The lowest BCUT2D eigenvalue weighted by atomic mass is 9.48. The lowest BCUT2D eigenvalue weighted by Crippen LogP contribution is -2.53. The van der Waals surface area contributed by atoms with Gasteiger partial charge in [0, 0.05) is 54.6 Å². The number of hydrogen-bond acceptors (Lipinski definition) is 5. The summed E-state index contributed by atoms with van der Waals surface area (Å²) in [5, 5.41) is 16.2. The number of amides is 1. The molecule has 0 aromatic heterocycles. The molecule has 7 nitrogen and oxygen atoms in total. The van der Waals surface area contributed by atoms with Gasteiger partial charge in [-0.1, -0.05) is 11.6 Å². The van der Waals surface area contributed by atoms with Gasteiger partial charge < -0.3 is 15.1 Å². The molecule has 5 fully saturated rings. The number of anilines is 2. The fraction of sp³-hybridized carbons (Fsp3) is 0.552. The van der Waals surface area contributed by atoms with E-state index >= 15 is 0 Å². The van der Waals surface area contributed by atoms with Crippen LogP contribution in [0.2, 0.25) is 5.02 Å². The van der Waals surface area contributed by atoms with E-state index in [0.29, 0.717) is 42.5 Å². The summed E-state index contributed by atoms with van der Waals surface area (Å²) in [6, 6.07) is 12.6. The third-order valence-electron chi connectivity index (χ3n) is 9.58. The highest BCUT2D eigenvalue weighted by molar-refractivity contribution is 6.30. The van der Waals surface area contributed by atoms with Gasteiger partial charge in [0.05, 0.1) is 4.92 Å². The third-order valence-corrected chi connectivity index (χ3v) is 9.83. The molecule has 5 aliphatic rings. The van der Waals surface area contributed by atoms with Crippen molar-refractivity contribution in [2.75, 3.05) is 36.4 Å². The summed E-state index contributed by atoms with van der Waals surface area (Å²) in [7, 11) is 0. The molecular formula is C29H35ClN4O3. The molecule has 4 bridgehead atoms. The Hall–Kier alpha value is -2.80. The van der Waals surface area contributed by atoms with Crippen LogP contribution < -0.4 is 10.2 Å². The number of carbonyl (C=O) groups is 1. The number of nitrogens with zero attached hydrogens (tertiary/aromatic N) is 3. The lowest BCUT2D eigenvalue weighted by Gasteiger charge is -2.59. The first kappa shape index (κ1) is 24.5. The molecule has 1 saturated heterocycles. The van der Waals surface area contributed by atoms with Crippen molar-refractivity contribution >= 4 is 34.6 Å². The number of carbonyl (C=O) groups excluding carboxylic acids is 1. The Morgan fingerprint density at radius 1 is 1.00 bits per heavy atom. The van der Waals surface area contributed by atoms with E-state index in [9.17, 15) is 14.9 Å². The van der Waals surface area contributed by atoms with E-state index in [0.717, 1.165) is 23.4 Å². The molecule has 2 aromatic rings. The molecule has 1 amide bonds. The van der Waals surface area contributed by atoms with Crippen LogP contribution in [0.4, 0.5) is 17.1 Å². The SMILES string of the molecule is CC(Nc1cc(N2CCN(C(=O)c3ccc(Cl)cc3)CC2)ccc1[N+](=O)[O-])C12CC3CC(CC(C3)C1)C2. The van der Waals surface area contributed by atoms with Crippen molar-refractivity contribution in [2.45, 2.75) is 51.5 Å². The molecule has 0 spiro atoms. The van der Waals surface area contributed by atoms with Crippen LogP contribution >= 0.6 is 11.6 Å². The van der Waals surface area contributed by atoms with Crippen LogP contribution in [0.5, 0.6) is 0 Å². The molecule has 1 atom stereocenters. The van der Waals surface area contributed by atoms with Crippen LogP contribution in [-0.2, 0) is 0 Å². The number of nitro benzene ring substituents is 1. The Balaban J connectivity index is 1.16. The Labute approximate surface area is 223 Å². The van der Waals surface area contributed by atoms with E-state index in [1.807, 2.05) is 17.0 Å². The van der Waals surface area contributed by atoms with Gasteiger partial charge in [-0.25, -0.2) is 0 Å². The number of rotatable bonds is 6. The van der Waals surface area contributed by atoms with Gasteiger partial charge in [-0.05, 0) is 105 Å². The second-order valence-electron chi connectivity index (χ2n) is 11.9. The van der Waals surface area contributed by atoms with Crippen LogP contribution in [0.15, 0.2) is 42.5 Å². The fourth-order valence-corrected chi connectivity index (χ4v) is 8.16. The minimum Gasteiger partial charge on any atom is -0.376 e. The standard InChI is InChI=1S/C29H35ClN4O3/c1-19(29-16-20-12-21(17-29)14-22(13-20)18-29)31-26-15-25(6-7-27(26)34(36)37)32-8-10-33(11-9-32)28(35)23-2-4-24(30)5-3-23/h2-7,15,19-22,31H,8-14,16-18H2,1H3. The van der Waals surface area contributed by atoms with Crippen LogP contribution in [0.3, 0.4) is 0 Å². The van der Waals surface area contributed by atoms with Crippen molar-refractivity contribution < 1.29 is 9.72 Å². The van der Waals surface area contributed by atoms with E-state index in [-0.39, 0.29) is 28.0 Å². The summed E-state index contributed by atoms with van der Waals surface area (Å²) in [4.78, 5) is 28.6. The van der Waals surface area contributed by atoms with Gasteiger partial charge in [-0.3, -0.25) is 14.9 Å². The minimum absolute atomic E-state index is 0.00627. The van der Waals surface area contributed by atoms with E-state index in [4.69, 9.17) is 11.6 Å². The molecule has 196 valence electrons. The van der Waals surface area contributed by atoms with Crippen LogP contribution in [0.1, 0.15) is 55.8 Å².